The van der Waals surface area contributed by atoms with Crippen LogP contribution in [-0.2, 0) is 7.05 Å². The lowest BCUT2D eigenvalue weighted by molar-refractivity contribution is -0.385. The number of carbonyl (C=O) groups is 1. The molecule has 0 saturated carbocycles. The molecule has 0 aliphatic heterocycles. The molecular weight excluding hydrogens is 348 g/mol. The van der Waals surface area contributed by atoms with Gasteiger partial charge in [0.1, 0.15) is 16.3 Å². The number of aromatic nitrogens is 4. The number of nitrogens with one attached hydrogen (secondary N) is 1. The van der Waals surface area contributed by atoms with Gasteiger partial charge in [-0.2, -0.15) is 5.10 Å². The van der Waals surface area contributed by atoms with E-state index in [4.69, 9.17) is 0 Å². The van der Waals surface area contributed by atoms with Crippen LogP contribution in [-0.4, -0.2) is 30.3 Å². The van der Waals surface area contributed by atoms with Crippen LogP contribution in [0.5, 0.6) is 0 Å². The second-order valence-corrected chi connectivity index (χ2v) is 6.71. The number of aryl methyl sites for hydroxylation is 3. The smallest absolute Gasteiger partial charge is 0.267 e. The Balaban J connectivity index is 2.08. The number of fused-ring (bicyclic) bond motifs is 1. The van der Waals surface area contributed by atoms with Gasteiger partial charge in [0.25, 0.3) is 11.5 Å². The first-order chi connectivity index (χ1) is 11.7. The summed E-state index contributed by atoms with van der Waals surface area (Å²) in [5.74, 6) is -0.586. The highest BCUT2D eigenvalue weighted by Crippen LogP contribution is 2.23. The van der Waals surface area contributed by atoms with E-state index < -0.39 is 22.1 Å². The Bertz CT molecular complexity index is 1090. The van der Waals surface area contributed by atoms with Crippen molar-refractivity contribution in [2.24, 2.45) is 7.05 Å². The average molecular weight is 362 g/mol. The largest absolute Gasteiger partial charge is 0.322 e. The zero-order valence-electron chi connectivity index (χ0n) is 13.9. The number of nitro groups is 1. The molecule has 0 radical (unpaired) electrons. The fourth-order valence-corrected chi connectivity index (χ4v) is 3.37. The summed E-state index contributed by atoms with van der Waals surface area (Å²) in [4.78, 5) is 41.4. The van der Waals surface area contributed by atoms with Gasteiger partial charge < -0.3 is 0 Å². The fourth-order valence-electron chi connectivity index (χ4n) is 2.46. The summed E-state index contributed by atoms with van der Waals surface area (Å²) in [5, 5.41) is 15.5. The Morgan fingerprint density at radius 1 is 1.36 bits per heavy atom. The van der Waals surface area contributed by atoms with E-state index >= 15 is 0 Å². The highest BCUT2D eigenvalue weighted by atomic mass is 32.1. The number of hydrogen-bond acceptors (Lipinski definition) is 7. The third-order valence-corrected chi connectivity index (χ3v) is 4.71. The van der Waals surface area contributed by atoms with Crippen LogP contribution in [0.2, 0.25) is 0 Å². The maximum atomic E-state index is 12.6. The summed E-state index contributed by atoms with van der Waals surface area (Å²) in [6, 6.07) is 1.69. The molecule has 3 heterocycles. The monoisotopic (exact) mass is 362 g/mol. The fraction of sp³-hybridized carbons (Fsp3) is 0.286. The number of amides is 1. The Hall–Kier alpha value is -3.08. The molecule has 130 valence electrons. The molecule has 11 heteroatoms. The van der Waals surface area contributed by atoms with Crippen LogP contribution in [0.15, 0.2) is 10.9 Å². The van der Waals surface area contributed by atoms with Crippen LogP contribution < -0.4 is 11.0 Å². The van der Waals surface area contributed by atoms with E-state index in [1.807, 2.05) is 6.92 Å². The van der Waals surface area contributed by atoms with Crippen LogP contribution in [0.1, 0.15) is 26.9 Å². The molecule has 3 aromatic heterocycles. The Morgan fingerprint density at radius 2 is 2.04 bits per heavy atom. The van der Waals surface area contributed by atoms with Crippen molar-refractivity contribution < 1.29 is 9.72 Å². The zero-order valence-corrected chi connectivity index (χ0v) is 14.7. The predicted molar refractivity (Wildman–Crippen MR) is 91.6 cm³/mol. The SMILES string of the molecule is Cc1cc2c(=O)n(NC(=O)c3nn(C)c(C)c3[N+](=O)[O-])c(C)nc2s1. The van der Waals surface area contributed by atoms with E-state index in [0.717, 1.165) is 9.55 Å². The van der Waals surface area contributed by atoms with E-state index in [0.29, 0.717) is 10.2 Å². The Kier molecular flexibility index (Phi) is 3.87. The Labute approximate surface area is 144 Å². The van der Waals surface area contributed by atoms with Crippen LogP contribution in [0.3, 0.4) is 0 Å². The third-order valence-electron chi connectivity index (χ3n) is 3.77. The molecule has 3 rings (SSSR count). The molecule has 0 unspecified atom stereocenters. The Morgan fingerprint density at radius 3 is 2.68 bits per heavy atom. The van der Waals surface area contributed by atoms with Gasteiger partial charge in [0.2, 0.25) is 5.69 Å². The lowest BCUT2D eigenvalue weighted by atomic mass is 10.3. The highest BCUT2D eigenvalue weighted by molar-refractivity contribution is 7.18. The number of hydrogen-bond donors (Lipinski definition) is 1. The van der Waals surface area contributed by atoms with Gasteiger partial charge in [-0.05, 0) is 26.8 Å². The van der Waals surface area contributed by atoms with Gasteiger partial charge in [-0.15, -0.1) is 11.3 Å². The highest BCUT2D eigenvalue weighted by Gasteiger charge is 2.29. The molecule has 0 fully saturated rings. The first-order valence-electron chi connectivity index (χ1n) is 7.20. The number of rotatable bonds is 3. The molecule has 3 aromatic rings. The minimum Gasteiger partial charge on any atom is -0.267 e. The molecule has 0 aliphatic carbocycles. The normalized spacial score (nSPS) is 11.0. The first-order valence-corrected chi connectivity index (χ1v) is 8.01. The molecule has 0 aliphatic rings. The van der Waals surface area contributed by atoms with Gasteiger partial charge in [0, 0.05) is 11.9 Å². The lowest BCUT2D eigenvalue weighted by Crippen LogP contribution is -2.35. The topological polar surface area (TPSA) is 125 Å². The van der Waals surface area contributed by atoms with Crippen molar-refractivity contribution in [2.75, 3.05) is 5.43 Å². The molecule has 0 atom stereocenters. The van der Waals surface area contributed by atoms with Gasteiger partial charge in [-0.3, -0.25) is 29.8 Å². The number of nitrogens with zero attached hydrogens (tertiary/aromatic N) is 5. The van der Waals surface area contributed by atoms with Crippen molar-refractivity contribution >= 4 is 33.1 Å². The van der Waals surface area contributed by atoms with Crippen molar-refractivity contribution in [2.45, 2.75) is 20.8 Å². The molecule has 25 heavy (non-hydrogen) atoms. The van der Waals surface area contributed by atoms with E-state index in [2.05, 4.69) is 15.5 Å². The zero-order chi connectivity index (χ0) is 18.5. The van der Waals surface area contributed by atoms with E-state index in [-0.39, 0.29) is 17.2 Å². The maximum absolute atomic E-state index is 12.6. The summed E-state index contributed by atoms with van der Waals surface area (Å²) < 4.78 is 2.22. The summed E-state index contributed by atoms with van der Waals surface area (Å²) >= 11 is 1.37. The van der Waals surface area contributed by atoms with Crippen molar-refractivity contribution in [1.29, 1.82) is 0 Å². The minimum atomic E-state index is -0.853. The van der Waals surface area contributed by atoms with Crippen LogP contribution in [0, 0.1) is 30.9 Å². The molecular formula is C14H14N6O4S. The predicted octanol–water partition coefficient (Wildman–Crippen LogP) is 1.41. The van der Waals surface area contributed by atoms with Crippen molar-refractivity contribution in [1.82, 2.24) is 19.4 Å². The molecule has 0 bridgehead atoms. The quantitative estimate of drug-likeness (QED) is 0.555. The summed E-state index contributed by atoms with van der Waals surface area (Å²) in [7, 11) is 1.50. The van der Waals surface area contributed by atoms with Crippen molar-refractivity contribution in [3.63, 3.8) is 0 Å². The standard InChI is InChI=1S/C14H14N6O4S/c1-6-5-9-13(25-6)15-8(3)19(14(9)22)17-12(21)10-11(20(23)24)7(2)18(4)16-10/h5H,1-4H3,(H,17,21). The molecule has 10 nitrogen and oxygen atoms in total. The van der Waals surface area contributed by atoms with E-state index in [9.17, 15) is 19.7 Å². The second-order valence-electron chi connectivity index (χ2n) is 5.48. The van der Waals surface area contributed by atoms with Crippen LogP contribution in [0.4, 0.5) is 5.69 Å². The lowest BCUT2D eigenvalue weighted by Gasteiger charge is -2.09. The van der Waals surface area contributed by atoms with E-state index in [1.165, 1.54) is 30.0 Å². The molecule has 0 saturated heterocycles. The molecule has 1 amide bonds. The maximum Gasteiger partial charge on any atom is 0.322 e. The van der Waals surface area contributed by atoms with Crippen molar-refractivity contribution in [3.8, 4) is 0 Å². The second kappa shape index (κ2) is 5.77. The third kappa shape index (κ3) is 2.67. The van der Waals surface area contributed by atoms with Gasteiger partial charge in [-0.1, -0.05) is 0 Å². The molecule has 1 N–H and O–H groups in total. The average Bonchev–Trinajstić information content (AvgIpc) is 3.03. The molecule has 0 spiro atoms. The summed E-state index contributed by atoms with van der Waals surface area (Å²) in [6.45, 7) is 4.90. The summed E-state index contributed by atoms with van der Waals surface area (Å²) in [6.07, 6.45) is 0. The first kappa shape index (κ1) is 16.8. The minimum absolute atomic E-state index is 0.237. The number of carbonyl (C=O) groups excluding carboxylic acids is 1. The van der Waals surface area contributed by atoms with Crippen LogP contribution in [0.25, 0.3) is 10.2 Å². The summed E-state index contributed by atoms with van der Waals surface area (Å²) in [5.41, 5.74) is 1.39. The van der Waals surface area contributed by atoms with Gasteiger partial charge >= 0.3 is 5.69 Å². The van der Waals surface area contributed by atoms with E-state index in [1.54, 1.807) is 13.0 Å². The van der Waals surface area contributed by atoms with Gasteiger partial charge in [0.15, 0.2) is 0 Å². The van der Waals surface area contributed by atoms with Crippen LogP contribution >= 0.6 is 11.3 Å². The van der Waals surface area contributed by atoms with Gasteiger partial charge in [-0.25, -0.2) is 9.66 Å². The van der Waals surface area contributed by atoms with Crippen molar-refractivity contribution in [3.05, 3.63) is 48.6 Å². The van der Waals surface area contributed by atoms with Gasteiger partial charge in [0.05, 0.1) is 10.3 Å². The molecule has 0 aromatic carbocycles. The number of thiophene rings is 1.